The molecule has 1 heterocycles. The second-order valence-electron chi connectivity index (χ2n) is 8.74. The number of halogens is 3. The molecule has 0 spiro atoms. The lowest BCUT2D eigenvalue weighted by Gasteiger charge is -2.25. The SMILES string of the molecule is CC(C)(O)C(Cl)(Cl)Cl.CCCCCCCCCCCC(=O)OC[C@@H](O)[C@H]1OC[C@H](O)[C@H]1O. The molecule has 10 heteroatoms. The van der Waals surface area contributed by atoms with Crippen molar-refractivity contribution in [2.75, 3.05) is 13.2 Å². The first kappa shape index (κ1) is 32.1. The monoisotopic (exact) mass is 522 g/mol. The van der Waals surface area contributed by atoms with Crippen molar-refractivity contribution in [1.29, 1.82) is 0 Å². The average molecular weight is 524 g/mol. The van der Waals surface area contributed by atoms with Crippen LogP contribution in [0.5, 0.6) is 0 Å². The van der Waals surface area contributed by atoms with Crippen LogP contribution in [0.4, 0.5) is 0 Å². The maximum absolute atomic E-state index is 11.6. The van der Waals surface area contributed by atoms with E-state index in [-0.39, 0.29) is 19.2 Å². The van der Waals surface area contributed by atoms with Gasteiger partial charge in [0.05, 0.1) is 6.61 Å². The van der Waals surface area contributed by atoms with Crippen LogP contribution in [0.25, 0.3) is 0 Å². The van der Waals surface area contributed by atoms with Gasteiger partial charge in [0.25, 0.3) is 0 Å². The van der Waals surface area contributed by atoms with Crippen molar-refractivity contribution in [3.63, 3.8) is 0 Å². The van der Waals surface area contributed by atoms with Crippen LogP contribution in [-0.4, -0.2) is 73.4 Å². The van der Waals surface area contributed by atoms with E-state index in [0.29, 0.717) is 6.42 Å². The fourth-order valence-corrected chi connectivity index (χ4v) is 2.89. The summed E-state index contributed by atoms with van der Waals surface area (Å²) in [5.74, 6) is -0.343. The van der Waals surface area contributed by atoms with E-state index in [9.17, 15) is 20.1 Å². The lowest BCUT2D eigenvalue weighted by Crippen LogP contribution is -2.41. The maximum atomic E-state index is 11.6. The predicted octanol–water partition coefficient (Wildman–Crippen LogP) is 4.06. The molecule has 0 saturated carbocycles. The van der Waals surface area contributed by atoms with Gasteiger partial charge in [-0.1, -0.05) is 93.1 Å². The molecule has 1 fully saturated rings. The zero-order valence-electron chi connectivity index (χ0n) is 19.4. The van der Waals surface area contributed by atoms with Crippen molar-refractivity contribution in [2.45, 2.75) is 119 Å². The van der Waals surface area contributed by atoms with Gasteiger partial charge in [-0.2, -0.15) is 0 Å². The minimum atomic E-state index is -1.59. The number of hydrogen-bond acceptors (Lipinski definition) is 7. The highest BCUT2D eigenvalue weighted by atomic mass is 35.6. The number of unbranched alkanes of at least 4 members (excludes halogenated alkanes) is 8. The summed E-state index contributed by atoms with van der Waals surface area (Å²) >= 11 is 15.9. The van der Waals surface area contributed by atoms with E-state index in [1.807, 2.05) is 0 Å². The Labute approximate surface area is 207 Å². The summed E-state index contributed by atoms with van der Waals surface area (Å²) in [6.45, 7) is 4.84. The quantitative estimate of drug-likeness (QED) is 0.163. The molecule has 0 aliphatic carbocycles. The molecule has 4 N–H and O–H groups in total. The summed E-state index contributed by atoms with van der Waals surface area (Å²) in [6.07, 6.45) is 6.84. The van der Waals surface area contributed by atoms with Gasteiger partial charge in [-0.25, -0.2) is 0 Å². The van der Waals surface area contributed by atoms with E-state index in [1.54, 1.807) is 0 Å². The van der Waals surface area contributed by atoms with Gasteiger partial charge in [0.2, 0.25) is 3.79 Å². The number of hydrogen-bond donors (Lipinski definition) is 4. The molecule has 1 rings (SSSR count). The van der Waals surface area contributed by atoms with E-state index >= 15 is 0 Å². The summed E-state index contributed by atoms with van der Waals surface area (Å²) in [7, 11) is 0. The molecular weight excluding hydrogens is 483 g/mol. The minimum Gasteiger partial charge on any atom is -0.463 e. The molecule has 0 aromatic carbocycles. The number of alkyl halides is 3. The van der Waals surface area contributed by atoms with Gasteiger partial charge in [-0.05, 0) is 20.3 Å². The fraction of sp³-hybridized carbons (Fsp3) is 0.955. The van der Waals surface area contributed by atoms with Crippen LogP contribution in [0.3, 0.4) is 0 Å². The van der Waals surface area contributed by atoms with Crippen molar-refractivity contribution in [3.8, 4) is 0 Å². The molecular formula is C22H41Cl3O7. The lowest BCUT2D eigenvalue weighted by atomic mass is 10.1. The van der Waals surface area contributed by atoms with Crippen molar-refractivity contribution in [2.24, 2.45) is 0 Å². The molecule has 1 aliphatic rings. The van der Waals surface area contributed by atoms with Crippen molar-refractivity contribution in [1.82, 2.24) is 0 Å². The highest BCUT2D eigenvalue weighted by Crippen LogP contribution is 2.37. The smallest absolute Gasteiger partial charge is 0.305 e. The van der Waals surface area contributed by atoms with Gasteiger partial charge in [0, 0.05) is 6.42 Å². The Hall–Kier alpha value is 0.140. The third-order valence-corrected chi connectivity index (χ3v) is 6.55. The Balaban J connectivity index is 0.00000102. The summed E-state index contributed by atoms with van der Waals surface area (Å²) in [5.41, 5.74) is -1.27. The number of aliphatic hydroxyl groups is 4. The second kappa shape index (κ2) is 16.7. The second-order valence-corrected chi connectivity index (χ2v) is 11.0. The molecule has 0 aromatic heterocycles. The van der Waals surface area contributed by atoms with Gasteiger partial charge in [0.15, 0.2) is 0 Å². The number of carbonyl (C=O) groups excluding carboxylic acids is 1. The van der Waals surface area contributed by atoms with Crippen molar-refractivity contribution in [3.05, 3.63) is 0 Å². The Morgan fingerprint density at radius 1 is 1.03 bits per heavy atom. The standard InChI is InChI=1S/C18H34O6.C4H7Cl3O/c1-2-3-4-5-6-7-8-9-10-11-16(21)23-13-15(20)18-17(22)14(19)12-24-18;1-3(2,8)4(5,6)7/h14-15,17-20,22H,2-13H2,1H3;8H,1-2H3/t14-,15+,17+,18+;/m0./s1. The first-order valence-corrected chi connectivity index (χ1v) is 12.5. The molecule has 0 amide bonds. The van der Waals surface area contributed by atoms with Crippen LogP contribution in [0, 0.1) is 0 Å². The highest BCUT2D eigenvalue weighted by molar-refractivity contribution is 6.68. The molecule has 7 nitrogen and oxygen atoms in total. The largest absolute Gasteiger partial charge is 0.463 e. The molecule has 4 atom stereocenters. The first-order valence-electron chi connectivity index (χ1n) is 11.4. The molecule has 0 radical (unpaired) electrons. The van der Waals surface area contributed by atoms with Crippen LogP contribution in [0.2, 0.25) is 0 Å². The van der Waals surface area contributed by atoms with Gasteiger partial charge in [-0.15, -0.1) is 0 Å². The van der Waals surface area contributed by atoms with Gasteiger partial charge < -0.3 is 29.9 Å². The number of rotatable bonds is 13. The Bertz CT molecular complexity index is 483. The summed E-state index contributed by atoms with van der Waals surface area (Å²) in [6, 6.07) is 0. The summed E-state index contributed by atoms with van der Waals surface area (Å²) < 4.78 is 8.51. The summed E-state index contributed by atoms with van der Waals surface area (Å²) in [5, 5.41) is 37.8. The maximum Gasteiger partial charge on any atom is 0.305 e. The molecule has 0 unspecified atom stereocenters. The molecule has 192 valence electrons. The number of carbonyl (C=O) groups is 1. The molecule has 0 bridgehead atoms. The van der Waals surface area contributed by atoms with Crippen LogP contribution in [-0.2, 0) is 14.3 Å². The Kier molecular flexibility index (Phi) is 16.8. The third kappa shape index (κ3) is 14.4. The van der Waals surface area contributed by atoms with Crippen molar-refractivity contribution < 1.29 is 34.7 Å². The molecule has 1 saturated heterocycles. The van der Waals surface area contributed by atoms with E-state index in [2.05, 4.69) is 6.92 Å². The molecule has 1 aliphatic heterocycles. The minimum absolute atomic E-state index is 0.0186. The number of aliphatic hydroxyl groups excluding tert-OH is 3. The zero-order chi connectivity index (χ0) is 24.8. The number of esters is 1. The molecule has 0 aromatic rings. The topological polar surface area (TPSA) is 116 Å². The molecule has 32 heavy (non-hydrogen) atoms. The normalized spacial score (nSPS) is 22.2. The number of ether oxygens (including phenoxy) is 2. The van der Waals surface area contributed by atoms with E-state index < -0.39 is 33.8 Å². The Morgan fingerprint density at radius 2 is 1.50 bits per heavy atom. The first-order chi connectivity index (χ1) is 14.8. The highest BCUT2D eigenvalue weighted by Gasteiger charge is 2.39. The van der Waals surface area contributed by atoms with E-state index in [4.69, 9.17) is 49.4 Å². The summed E-state index contributed by atoms with van der Waals surface area (Å²) in [4.78, 5) is 11.6. The third-order valence-electron chi connectivity index (χ3n) is 5.16. The van der Waals surface area contributed by atoms with Crippen LogP contribution < -0.4 is 0 Å². The predicted molar refractivity (Wildman–Crippen MR) is 127 cm³/mol. The van der Waals surface area contributed by atoms with Crippen LogP contribution in [0.1, 0.15) is 85.0 Å². The van der Waals surface area contributed by atoms with E-state index in [0.717, 1.165) is 19.3 Å². The van der Waals surface area contributed by atoms with Crippen molar-refractivity contribution >= 4 is 40.8 Å². The average Bonchev–Trinajstić information content (AvgIpc) is 3.02. The van der Waals surface area contributed by atoms with Crippen LogP contribution in [0.15, 0.2) is 0 Å². The fourth-order valence-electron chi connectivity index (χ4n) is 2.89. The van der Waals surface area contributed by atoms with Crippen LogP contribution >= 0.6 is 34.8 Å². The van der Waals surface area contributed by atoms with Gasteiger partial charge in [0.1, 0.15) is 36.6 Å². The van der Waals surface area contributed by atoms with E-state index in [1.165, 1.54) is 52.4 Å². The van der Waals surface area contributed by atoms with Gasteiger partial charge >= 0.3 is 5.97 Å². The lowest BCUT2D eigenvalue weighted by molar-refractivity contribution is -0.151. The zero-order valence-corrected chi connectivity index (χ0v) is 21.7. The Morgan fingerprint density at radius 3 is 1.91 bits per heavy atom. The van der Waals surface area contributed by atoms with Gasteiger partial charge in [-0.3, -0.25) is 4.79 Å².